The van der Waals surface area contributed by atoms with Crippen LogP contribution < -0.4 is 0 Å². The summed E-state index contributed by atoms with van der Waals surface area (Å²) in [5.74, 6) is 0. The average molecular weight is 137 g/mol. The van der Waals surface area contributed by atoms with Gasteiger partial charge in [-0.25, -0.2) is 0 Å². The molecule has 1 fully saturated rings. The minimum absolute atomic E-state index is 0.684. The maximum Gasteiger partial charge on any atom is -0.00979 e. The van der Waals surface area contributed by atoms with E-state index in [-0.39, 0.29) is 0 Å². The van der Waals surface area contributed by atoms with Crippen molar-refractivity contribution >= 4 is 19.2 Å². The zero-order valence-electron chi connectivity index (χ0n) is 4.28. The summed E-state index contributed by atoms with van der Waals surface area (Å²) < 4.78 is 0. The van der Waals surface area contributed by atoms with Crippen LogP contribution in [0.4, 0.5) is 0 Å². The van der Waals surface area contributed by atoms with E-state index in [1.54, 1.807) is 0 Å². The molecule has 1 aliphatic carbocycles. The molecule has 1 saturated carbocycles. The van der Waals surface area contributed by atoms with Gasteiger partial charge >= 0.3 is 0 Å². The molecule has 1 rings (SSSR count). The second kappa shape index (κ2) is 2.89. The summed E-state index contributed by atoms with van der Waals surface area (Å²) in [6.07, 6.45) is 5.62. The standard InChI is InChI=1S/C5H10ClP/c6-7-5-3-1-2-4-5/h5,7H,1-4H2. The maximum absolute atomic E-state index is 5.64. The smallest absolute Gasteiger partial charge is 0.00979 e. The van der Waals surface area contributed by atoms with E-state index in [0.29, 0.717) is 7.93 Å². The van der Waals surface area contributed by atoms with Gasteiger partial charge in [0, 0.05) is 0 Å². The third kappa shape index (κ3) is 1.58. The topological polar surface area (TPSA) is 0 Å². The normalized spacial score (nSPS) is 25.3. The van der Waals surface area contributed by atoms with Crippen molar-refractivity contribution in [3.63, 3.8) is 0 Å². The largest absolute Gasteiger partial charge is 0.0998 e. The fraction of sp³-hybridized carbons (Fsp3) is 1.00. The summed E-state index contributed by atoms with van der Waals surface area (Å²) in [6.45, 7) is 0. The minimum atomic E-state index is 0.684. The third-order valence-electron chi connectivity index (χ3n) is 1.51. The molecule has 0 aromatic rings. The van der Waals surface area contributed by atoms with Crippen LogP contribution in [0, 0.1) is 0 Å². The van der Waals surface area contributed by atoms with Gasteiger partial charge in [-0.2, -0.15) is 0 Å². The molecule has 42 valence electrons. The van der Waals surface area contributed by atoms with Crippen molar-refractivity contribution < 1.29 is 0 Å². The van der Waals surface area contributed by atoms with Crippen LogP contribution in [0.1, 0.15) is 25.7 Å². The molecule has 1 aliphatic rings. The second-order valence-electron chi connectivity index (χ2n) is 2.09. The highest BCUT2D eigenvalue weighted by Crippen LogP contribution is 2.36. The first-order chi connectivity index (χ1) is 3.43. The number of hydrogen-bond donors (Lipinski definition) is 0. The summed E-state index contributed by atoms with van der Waals surface area (Å²) in [6, 6.07) is 0. The van der Waals surface area contributed by atoms with E-state index in [9.17, 15) is 0 Å². The van der Waals surface area contributed by atoms with E-state index in [2.05, 4.69) is 0 Å². The van der Waals surface area contributed by atoms with Crippen LogP contribution in [0.15, 0.2) is 0 Å². The Balaban J connectivity index is 2.14. The van der Waals surface area contributed by atoms with Crippen molar-refractivity contribution in [2.45, 2.75) is 31.3 Å². The second-order valence-corrected chi connectivity index (χ2v) is 3.78. The predicted octanol–water partition coefficient (Wildman–Crippen LogP) is 2.76. The van der Waals surface area contributed by atoms with Gasteiger partial charge in [-0.05, 0) is 26.4 Å². The van der Waals surface area contributed by atoms with E-state index >= 15 is 0 Å². The molecule has 0 radical (unpaired) electrons. The van der Waals surface area contributed by atoms with Crippen molar-refractivity contribution in [1.29, 1.82) is 0 Å². The van der Waals surface area contributed by atoms with Gasteiger partial charge in [0.05, 0.1) is 0 Å². The molecule has 0 nitrogen and oxygen atoms in total. The molecule has 0 aromatic carbocycles. The van der Waals surface area contributed by atoms with E-state index in [0.717, 1.165) is 5.66 Å². The first-order valence-electron chi connectivity index (χ1n) is 2.79. The van der Waals surface area contributed by atoms with Gasteiger partial charge in [0.2, 0.25) is 0 Å². The van der Waals surface area contributed by atoms with E-state index in [1.165, 1.54) is 25.7 Å². The van der Waals surface area contributed by atoms with Gasteiger partial charge in [-0.3, -0.25) is 0 Å². The highest BCUT2D eigenvalue weighted by Gasteiger charge is 2.12. The van der Waals surface area contributed by atoms with Crippen LogP contribution >= 0.6 is 19.2 Å². The number of hydrogen-bond acceptors (Lipinski definition) is 0. The van der Waals surface area contributed by atoms with E-state index < -0.39 is 0 Å². The molecule has 0 amide bonds. The molecule has 2 heteroatoms. The van der Waals surface area contributed by atoms with Crippen LogP contribution in [-0.2, 0) is 0 Å². The molecule has 1 unspecified atom stereocenters. The Bertz CT molecular complexity index is 50.0. The fourth-order valence-electron chi connectivity index (χ4n) is 1.03. The zero-order valence-corrected chi connectivity index (χ0v) is 6.04. The highest BCUT2D eigenvalue weighted by molar-refractivity contribution is 7.69. The first-order valence-corrected chi connectivity index (χ1v) is 4.88. The Morgan fingerprint density at radius 3 is 2.14 bits per heavy atom. The molecule has 0 N–H and O–H groups in total. The summed E-state index contributed by atoms with van der Waals surface area (Å²) in [7, 11) is 0.684. The average Bonchev–Trinajstić information content (AvgIpc) is 2.14. The van der Waals surface area contributed by atoms with Crippen LogP contribution in [0.3, 0.4) is 0 Å². The fourth-order valence-corrected chi connectivity index (χ4v) is 2.32. The Morgan fingerprint density at radius 2 is 1.86 bits per heavy atom. The van der Waals surface area contributed by atoms with Crippen molar-refractivity contribution in [1.82, 2.24) is 0 Å². The van der Waals surface area contributed by atoms with E-state index in [4.69, 9.17) is 11.2 Å². The number of halogens is 1. The van der Waals surface area contributed by atoms with Crippen LogP contribution in [0.2, 0.25) is 0 Å². The van der Waals surface area contributed by atoms with Gasteiger partial charge in [0.15, 0.2) is 0 Å². The van der Waals surface area contributed by atoms with Crippen LogP contribution in [0.5, 0.6) is 0 Å². The van der Waals surface area contributed by atoms with Crippen LogP contribution in [-0.4, -0.2) is 5.66 Å². The van der Waals surface area contributed by atoms with Gasteiger partial charge in [-0.15, -0.1) is 0 Å². The lowest BCUT2D eigenvalue weighted by Crippen LogP contribution is -1.84. The molecule has 0 saturated heterocycles. The predicted molar refractivity (Wildman–Crippen MR) is 36.4 cm³/mol. The molecule has 0 aromatic heterocycles. The van der Waals surface area contributed by atoms with Crippen molar-refractivity contribution in [3.05, 3.63) is 0 Å². The quantitative estimate of drug-likeness (QED) is 0.487. The van der Waals surface area contributed by atoms with Gasteiger partial charge in [0.1, 0.15) is 0 Å². The van der Waals surface area contributed by atoms with Gasteiger partial charge in [-0.1, -0.05) is 24.1 Å². The highest BCUT2D eigenvalue weighted by atomic mass is 35.7. The molecule has 0 aliphatic heterocycles. The molecule has 7 heavy (non-hydrogen) atoms. The Labute approximate surface area is 51.2 Å². The number of rotatable bonds is 1. The maximum atomic E-state index is 5.64. The molecular weight excluding hydrogens is 126 g/mol. The van der Waals surface area contributed by atoms with Crippen molar-refractivity contribution in [3.8, 4) is 0 Å². The zero-order chi connectivity index (χ0) is 5.11. The summed E-state index contributed by atoms with van der Waals surface area (Å²) in [4.78, 5) is 0. The Hall–Kier alpha value is 0.720. The third-order valence-corrected chi connectivity index (χ3v) is 3.32. The van der Waals surface area contributed by atoms with Gasteiger partial charge in [0.25, 0.3) is 0 Å². The van der Waals surface area contributed by atoms with Crippen LogP contribution in [0.25, 0.3) is 0 Å². The SMILES string of the molecule is ClPC1CCCC1. The minimum Gasteiger partial charge on any atom is -0.0998 e. The molecular formula is C5H10ClP. The lowest BCUT2D eigenvalue weighted by atomic mass is 10.4. The van der Waals surface area contributed by atoms with E-state index in [1.807, 2.05) is 0 Å². The Morgan fingerprint density at radius 1 is 1.29 bits per heavy atom. The molecule has 0 spiro atoms. The lowest BCUT2D eigenvalue weighted by Gasteiger charge is -1.97. The molecule has 1 atom stereocenters. The summed E-state index contributed by atoms with van der Waals surface area (Å²) in [5, 5.41) is 0. The molecule has 0 bridgehead atoms. The first kappa shape index (κ1) is 5.85. The summed E-state index contributed by atoms with van der Waals surface area (Å²) in [5.41, 5.74) is 0.890. The summed E-state index contributed by atoms with van der Waals surface area (Å²) >= 11 is 5.64. The van der Waals surface area contributed by atoms with Crippen molar-refractivity contribution in [2.75, 3.05) is 0 Å². The molecule has 0 heterocycles. The lowest BCUT2D eigenvalue weighted by molar-refractivity contribution is 0.886. The van der Waals surface area contributed by atoms with Gasteiger partial charge < -0.3 is 0 Å². The van der Waals surface area contributed by atoms with Crippen molar-refractivity contribution in [2.24, 2.45) is 0 Å². The monoisotopic (exact) mass is 136 g/mol. The Kier molecular flexibility index (Phi) is 2.42.